The third-order valence-electron chi connectivity index (χ3n) is 5.25. The van der Waals surface area contributed by atoms with Gasteiger partial charge in [-0.2, -0.15) is 0 Å². The Bertz CT molecular complexity index is 1150. The van der Waals surface area contributed by atoms with Crippen LogP contribution in [-0.4, -0.2) is 11.6 Å². The van der Waals surface area contributed by atoms with Crippen LogP contribution in [0.4, 0.5) is 0 Å². The van der Waals surface area contributed by atoms with Gasteiger partial charge in [0, 0.05) is 5.92 Å². The number of carbonyl (C=O) groups is 2. The summed E-state index contributed by atoms with van der Waals surface area (Å²) < 4.78 is 5.92. The van der Waals surface area contributed by atoms with Gasteiger partial charge >= 0.3 is 0 Å². The molecule has 0 spiro atoms. The van der Waals surface area contributed by atoms with Crippen molar-refractivity contribution >= 4 is 22.3 Å². The van der Waals surface area contributed by atoms with Gasteiger partial charge < -0.3 is 4.74 Å². The number of ether oxygens (including phenoxy) is 1. The summed E-state index contributed by atoms with van der Waals surface area (Å²) in [5.41, 5.74) is 2.74. The normalized spacial score (nSPS) is 18.4. The number of hydrogen-bond acceptors (Lipinski definition) is 3. The van der Waals surface area contributed by atoms with Crippen molar-refractivity contribution in [1.82, 2.24) is 0 Å². The van der Waals surface area contributed by atoms with Gasteiger partial charge in [0.05, 0.1) is 5.57 Å². The van der Waals surface area contributed by atoms with E-state index < -0.39 is 0 Å². The lowest BCUT2D eigenvalue weighted by Gasteiger charge is -2.21. The molecule has 0 aromatic heterocycles. The fraction of sp³-hybridized carbons (Fsp3) is 0.0833. The maximum atomic E-state index is 12.8. The highest BCUT2D eigenvalue weighted by Gasteiger charge is 2.36. The average molecular weight is 352 g/mol. The van der Waals surface area contributed by atoms with Gasteiger partial charge in [-0.3, -0.25) is 9.59 Å². The minimum Gasteiger partial charge on any atom is -0.453 e. The van der Waals surface area contributed by atoms with Crippen LogP contribution in [0.3, 0.4) is 0 Å². The molecule has 3 aromatic carbocycles. The summed E-state index contributed by atoms with van der Waals surface area (Å²) >= 11 is 0. The number of benzene rings is 3. The molecule has 5 rings (SSSR count). The molecule has 0 aliphatic heterocycles. The van der Waals surface area contributed by atoms with Crippen LogP contribution in [0.15, 0.2) is 90.2 Å². The predicted octanol–water partition coefficient (Wildman–Crippen LogP) is 4.52. The number of rotatable bonds is 3. The summed E-state index contributed by atoms with van der Waals surface area (Å²) in [7, 11) is 0. The zero-order valence-electron chi connectivity index (χ0n) is 14.5. The van der Waals surface area contributed by atoms with Crippen molar-refractivity contribution in [3.8, 4) is 5.75 Å². The largest absolute Gasteiger partial charge is 0.453 e. The standard InChI is InChI=1S/C24H16O3/c25-20-12-13-21(26)24(27-17-9-2-1-3-10-17)23(20)19-14-16-8-4-6-15-7-5-11-18(19)22(15)16/h1-13,19H,14H2. The van der Waals surface area contributed by atoms with Crippen molar-refractivity contribution in [2.45, 2.75) is 12.3 Å². The highest BCUT2D eigenvalue weighted by Crippen LogP contribution is 2.44. The molecule has 0 heterocycles. The molecule has 2 aliphatic rings. The molecule has 0 saturated heterocycles. The van der Waals surface area contributed by atoms with Gasteiger partial charge in [0.2, 0.25) is 5.78 Å². The fourth-order valence-corrected chi connectivity index (χ4v) is 4.10. The Kier molecular flexibility index (Phi) is 3.54. The second-order valence-corrected chi connectivity index (χ2v) is 6.84. The van der Waals surface area contributed by atoms with E-state index in [1.165, 1.54) is 23.1 Å². The molecular formula is C24H16O3. The summed E-state index contributed by atoms with van der Waals surface area (Å²) in [5.74, 6) is 0.0943. The smallest absolute Gasteiger partial charge is 0.221 e. The van der Waals surface area contributed by atoms with Crippen LogP contribution in [0.25, 0.3) is 10.8 Å². The lowest BCUT2D eigenvalue weighted by Crippen LogP contribution is -2.23. The first kappa shape index (κ1) is 15.8. The fourth-order valence-electron chi connectivity index (χ4n) is 4.10. The second-order valence-electron chi connectivity index (χ2n) is 6.84. The average Bonchev–Trinajstić information content (AvgIpc) is 3.06. The number of allylic oxidation sites excluding steroid dienone is 3. The molecule has 0 fully saturated rings. The predicted molar refractivity (Wildman–Crippen MR) is 104 cm³/mol. The highest BCUT2D eigenvalue weighted by molar-refractivity contribution is 6.20. The van der Waals surface area contributed by atoms with Gasteiger partial charge in [0.15, 0.2) is 11.5 Å². The molecule has 3 nitrogen and oxygen atoms in total. The molecule has 3 aromatic rings. The Morgan fingerprint density at radius 3 is 2.33 bits per heavy atom. The summed E-state index contributed by atoms with van der Waals surface area (Å²) in [6.07, 6.45) is 3.35. The first-order valence-electron chi connectivity index (χ1n) is 8.97. The van der Waals surface area contributed by atoms with Crippen molar-refractivity contribution in [2.75, 3.05) is 0 Å². The third-order valence-corrected chi connectivity index (χ3v) is 5.25. The van der Waals surface area contributed by atoms with E-state index in [1.54, 1.807) is 12.1 Å². The van der Waals surface area contributed by atoms with E-state index in [2.05, 4.69) is 18.2 Å². The maximum Gasteiger partial charge on any atom is 0.221 e. The van der Waals surface area contributed by atoms with Crippen LogP contribution >= 0.6 is 0 Å². The molecular weight excluding hydrogens is 336 g/mol. The van der Waals surface area contributed by atoms with E-state index in [4.69, 9.17) is 4.74 Å². The zero-order chi connectivity index (χ0) is 18.4. The van der Waals surface area contributed by atoms with E-state index in [0.717, 1.165) is 10.9 Å². The Morgan fingerprint density at radius 1 is 0.778 bits per heavy atom. The number of para-hydroxylation sites is 1. The van der Waals surface area contributed by atoms with Crippen LogP contribution in [0.2, 0.25) is 0 Å². The van der Waals surface area contributed by atoms with Gasteiger partial charge in [-0.05, 0) is 52.6 Å². The van der Waals surface area contributed by atoms with Crippen molar-refractivity contribution in [3.05, 3.63) is 101 Å². The second kappa shape index (κ2) is 6.06. The molecule has 2 aliphatic carbocycles. The van der Waals surface area contributed by atoms with Crippen LogP contribution in [0.1, 0.15) is 17.0 Å². The molecule has 130 valence electrons. The van der Waals surface area contributed by atoms with Gasteiger partial charge in [-0.15, -0.1) is 0 Å². The summed E-state index contributed by atoms with van der Waals surface area (Å²) in [6.45, 7) is 0. The minimum atomic E-state index is -0.267. The van der Waals surface area contributed by atoms with Crippen molar-refractivity contribution in [2.24, 2.45) is 0 Å². The van der Waals surface area contributed by atoms with Crippen molar-refractivity contribution in [1.29, 1.82) is 0 Å². The molecule has 0 amide bonds. The zero-order valence-corrected chi connectivity index (χ0v) is 14.5. The first-order chi connectivity index (χ1) is 13.2. The molecule has 0 bridgehead atoms. The lowest BCUT2D eigenvalue weighted by atomic mass is 9.85. The van der Waals surface area contributed by atoms with Crippen LogP contribution < -0.4 is 4.74 Å². The van der Waals surface area contributed by atoms with Crippen molar-refractivity contribution in [3.63, 3.8) is 0 Å². The first-order valence-corrected chi connectivity index (χ1v) is 8.97. The van der Waals surface area contributed by atoms with Gasteiger partial charge in [-0.25, -0.2) is 0 Å². The SMILES string of the molecule is O=C1C=CC(=O)C(C2Cc3cccc4cccc2c34)=C1Oc1ccccc1. The summed E-state index contributed by atoms with van der Waals surface area (Å²) in [4.78, 5) is 25.4. The van der Waals surface area contributed by atoms with Crippen LogP contribution in [0.5, 0.6) is 5.75 Å². The van der Waals surface area contributed by atoms with Gasteiger partial charge in [0.1, 0.15) is 5.75 Å². The van der Waals surface area contributed by atoms with Crippen molar-refractivity contribution < 1.29 is 14.3 Å². The number of carbonyl (C=O) groups excluding carboxylic acids is 2. The summed E-state index contributed by atoms with van der Waals surface area (Å²) in [6, 6.07) is 21.5. The monoisotopic (exact) mass is 352 g/mol. The Hall–Kier alpha value is -3.46. The quantitative estimate of drug-likeness (QED) is 0.651. The van der Waals surface area contributed by atoms with E-state index in [-0.39, 0.29) is 23.2 Å². The Balaban J connectivity index is 1.67. The molecule has 1 unspecified atom stereocenters. The van der Waals surface area contributed by atoms with E-state index >= 15 is 0 Å². The summed E-state index contributed by atoms with van der Waals surface area (Å²) in [5, 5.41) is 2.34. The Labute approximate surface area is 156 Å². The molecule has 1 atom stereocenters. The van der Waals surface area contributed by atoms with E-state index in [1.807, 2.05) is 36.4 Å². The Morgan fingerprint density at radius 2 is 1.52 bits per heavy atom. The number of ketones is 2. The van der Waals surface area contributed by atoms with Crippen LogP contribution in [0, 0.1) is 0 Å². The van der Waals surface area contributed by atoms with E-state index in [0.29, 0.717) is 17.7 Å². The third kappa shape index (κ3) is 2.51. The number of hydrogen-bond donors (Lipinski definition) is 0. The lowest BCUT2D eigenvalue weighted by molar-refractivity contribution is -0.117. The topological polar surface area (TPSA) is 43.4 Å². The molecule has 27 heavy (non-hydrogen) atoms. The highest BCUT2D eigenvalue weighted by atomic mass is 16.5. The molecule has 0 N–H and O–H groups in total. The molecule has 3 heteroatoms. The molecule has 0 saturated carbocycles. The van der Waals surface area contributed by atoms with Gasteiger partial charge in [0.25, 0.3) is 0 Å². The molecule has 0 radical (unpaired) electrons. The van der Waals surface area contributed by atoms with E-state index in [9.17, 15) is 9.59 Å². The van der Waals surface area contributed by atoms with Crippen LogP contribution in [-0.2, 0) is 16.0 Å². The minimum absolute atomic E-state index is 0.142. The van der Waals surface area contributed by atoms with Gasteiger partial charge in [-0.1, -0.05) is 54.6 Å². The maximum absolute atomic E-state index is 12.8.